The molecule has 2 N–H and O–H groups in total. The van der Waals surface area contributed by atoms with Crippen molar-refractivity contribution in [2.45, 2.75) is 32.4 Å². The summed E-state index contributed by atoms with van der Waals surface area (Å²) >= 11 is 13.2. The van der Waals surface area contributed by atoms with E-state index in [2.05, 4.69) is 15.3 Å². The second kappa shape index (κ2) is 9.19. The third-order valence-corrected chi connectivity index (χ3v) is 6.97. The van der Waals surface area contributed by atoms with Gasteiger partial charge in [-0.3, -0.25) is 14.5 Å². The van der Waals surface area contributed by atoms with E-state index in [1.807, 2.05) is 4.90 Å². The number of aromatic nitrogens is 2. The average molecular weight is 495 g/mol. The summed E-state index contributed by atoms with van der Waals surface area (Å²) in [7, 11) is 1.30. The Morgan fingerprint density at radius 1 is 1.31 bits per heavy atom. The summed E-state index contributed by atoms with van der Waals surface area (Å²) in [6, 6.07) is 4.48. The van der Waals surface area contributed by atoms with Gasteiger partial charge in [0.05, 0.1) is 25.1 Å². The molecule has 0 aliphatic carbocycles. The summed E-state index contributed by atoms with van der Waals surface area (Å²) in [5.74, 6) is -0.237. The molecular weight excluding hydrogens is 475 g/mol. The van der Waals surface area contributed by atoms with Gasteiger partial charge in [-0.25, -0.2) is 9.78 Å². The van der Waals surface area contributed by atoms with Crippen LogP contribution in [-0.2, 0) is 16.1 Å². The first-order valence-corrected chi connectivity index (χ1v) is 11.5. The number of amides is 1. The molecule has 0 bridgehead atoms. The molecule has 4 rings (SSSR count). The number of esters is 1. The van der Waals surface area contributed by atoms with Crippen LogP contribution in [0.5, 0.6) is 0 Å². The van der Waals surface area contributed by atoms with E-state index in [0.29, 0.717) is 61.7 Å². The van der Waals surface area contributed by atoms with Crippen LogP contribution in [-0.4, -0.2) is 46.4 Å². The number of nitrogens with zero attached hydrogens (tertiary/aromatic N) is 2. The van der Waals surface area contributed by atoms with Crippen molar-refractivity contribution in [3.63, 3.8) is 0 Å². The monoisotopic (exact) mass is 494 g/mol. The number of fused-ring (bicyclic) bond motifs is 1. The minimum atomic E-state index is -0.496. The molecule has 0 saturated carbocycles. The molecule has 1 aliphatic heterocycles. The zero-order chi connectivity index (χ0) is 23.0. The Morgan fingerprint density at radius 2 is 2.03 bits per heavy atom. The number of carbonyl (C=O) groups is 2. The zero-order valence-electron chi connectivity index (χ0n) is 17.3. The lowest BCUT2D eigenvalue weighted by Gasteiger charge is -2.23. The number of aryl methyl sites for hydroxylation is 1. The van der Waals surface area contributed by atoms with E-state index >= 15 is 0 Å². The molecule has 1 atom stereocenters. The Balaban J connectivity index is 1.55. The molecule has 32 heavy (non-hydrogen) atoms. The fourth-order valence-corrected chi connectivity index (χ4v) is 5.55. The van der Waals surface area contributed by atoms with E-state index in [1.54, 1.807) is 25.1 Å². The molecule has 168 valence electrons. The SMILES string of the molecule is COC(=O)c1sc2nc(CN3CCCC3C(=O)Nc3cc(Cl)cc(Cl)c3)[nH]c(=O)c2c1C. The van der Waals surface area contributed by atoms with Crippen molar-refractivity contribution in [1.82, 2.24) is 14.9 Å². The van der Waals surface area contributed by atoms with Crippen LogP contribution in [0.4, 0.5) is 5.69 Å². The number of ether oxygens (including phenoxy) is 1. The molecule has 11 heteroatoms. The van der Waals surface area contributed by atoms with Crippen LogP contribution in [0, 0.1) is 6.92 Å². The fourth-order valence-electron chi connectivity index (χ4n) is 3.91. The predicted molar refractivity (Wildman–Crippen MR) is 125 cm³/mol. The first-order valence-electron chi connectivity index (χ1n) is 9.88. The molecule has 8 nitrogen and oxygen atoms in total. The summed E-state index contributed by atoms with van der Waals surface area (Å²) in [5, 5.41) is 4.11. The van der Waals surface area contributed by atoms with E-state index in [-0.39, 0.29) is 17.5 Å². The summed E-state index contributed by atoms with van der Waals surface area (Å²) in [6.07, 6.45) is 1.52. The topological polar surface area (TPSA) is 104 Å². The van der Waals surface area contributed by atoms with Gasteiger partial charge in [0.2, 0.25) is 5.91 Å². The standard InChI is InChI=1S/C21H20Cl2N4O4S/c1-10-16-19(29)25-15(26-20(16)32-17(10)21(30)31-2)9-27-5-3-4-14(27)18(28)24-13-7-11(22)6-12(23)8-13/h6-8,14H,3-5,9H2,1-2H3,(H,24,28)(H,25,26,29). The van der Waals surface area contributed by atoms with Crippen LogP contribution >= 0.6 is 34.5 Å². The number of hydrogen-bond donors (Lipinski definition) is 2. The Bertz CT molecular complexity index is 1250. The Labute approximate surface area is 197 Å². The number of H-pyrrole nitrogens is 1. The number of halogens is 2. The van der Waals surface area contributed by atoms with Crippen molar-refractivity contribution in [2.24, 2.45) is 0 Å². The highest BCUT2D eigenvalue weighted by Gasteiger charge is 2.31. The van der Waals surface area contributed by atoms with Gasteiger partial charge in [0.15, 0.2) is 0 Å². The number of benzene rings is 1. The van der Waals surface area contributed by atoms with E-state index in [1.165, 1.54) is 7.11 Å². The van der Waals surface area contributed by atoms with Crippen molar-refractivity contribution in [3.8, 4) is 0 Å². The minimum Gasteiger partial charge on any atom is -0.465 e. The molecule has 1 saturated heterocycles. The average Bonchev–Trinajstić information content (AvgIpc) is 3.31. The van der Waals surface area contributed by atoms with Crippen LogP contribution in [0.15, 0.2) is 23.0 Å². The van der Waals surface area contributed by atoms with Crippen LogP contribution in [0.25, 0.3) is 10.2 Å². The number of rotatable bonds is 5. The first-order chi connectivity index (χ1) is 15.3. The maximum Gasteiger partial charge on any atom is 0.348 e. The Hall–Kier alpha value is -2.46. The Morgan fingerprint density at radius 3 is 2.72 bits per heavy atom. The highest BCUT2D eigenvalue weighted by molar-refractivity contribution is 7.20. The molecule has 3 aromatic rings. The number of aromatic amines is 1. The summed E-state index contributed by atoms with van der Waals surface area (Å²) in [5.41, 5.74) is 0.759. The number of thiophene rings is 1. The van der Waals surface area contributed by atoms with Crippen LogP contribution in [0.2, 0.25) is 10.0 Å². The lowest BCUT2D eigenvalue weighted by molar-refractivity contribution is -0.120. The number of carbonyl (C=O) groups excluding carboxylic acids is 2. The van der Waals surface area contributed by atoms with Crippen molar-refractivity contribution < 1.29 is 14.3 Å². The van der Waals surface area contributed by atoms with Gasteiger partial charge in [0.1, 0.15) is 15.5 Å². The van der Waals surface area contributed by atoms with Gasteiger partial charge < -0.3 is 15.0 Å². The zero-order valence-corrected chi connectivity index (χ0v) is 19.7. The van der Waals surface area contributed by atoms with Gasteiger partial charge >= 0.3 is 5.97 Å². The lowest BCUT2D eigenvalue weighted by Crippen LogP contribution is -2.39. The molecule has 1 aliphatic rings. The van der Waals surface area contributed by atoms with E-state index in [4.69, 9.17) is 27.9 Å². The van der Waals surface area contributed by atoms with Crippen molar-refractivity contribution in [1.29, 1.82) is 0 Å². The highest BCUT2D eigenvalue weighted by Crippen LogP contribution is 2.28. The fraction of sp³-hybridized carbons (Fsp3) is 0.333. The maximum atomic E-state index is 12.9. The molecule has 1 fully saturated rings. The van der Waals surface area contributed by atoms with Crippen LogP contribution < -0.4 is 10.9 Å². The maximum absolute atomic E-state index is 12.9. The third kappa shape index (κ3) is 4.52. The quantitative estimate of drug-likeness (QED) is 0.519. The van der Waals surface area contributed by atoms with Gasteiger partial charge in [-0.15, -0.1) is 11.3 Å². The van der Waals surface area contributed by atoms with E-state index < -0.39 is 5.97 Å². The summed E-state index contributed by atoms with van der Waals surface area (Å²) in [6.45, 7) is 2.68. The first kappa shape index (κ1) is 22.7. The number of anilines is 1. The van der Waals surface area contributed by atoms with Gasteiger partial charge in [0, 0.05) is 15.7 Å². The summed E-state index contributed by atoms with van der Waals surface area (Å²) < 4.78 is 4.79. The Kier molecular flexibility index (Phi) is 6.52. The molecule has 1 amide bonds. The number of methoxy groups -OCH3 is 1. The van der Waals surface area contributed by atoms with Crippen LogP contribution in [0.1, 0.15) is 33.9 Å². The largest absolute Gasteiger partial charge is 0.465 e. The number of likely N-dealkylation sites (tertiary alicyclic amines) is 1. The minimum absolute atomic E-state index is 0.177. The van der Waals surface area contributed by atoms with Crippen LogP contribution in [0.3, 0.4) is 0 Å². The summed E-state index contributed by atoms with van der Waals surface area (Å²) in [4.78, 5) is 47.7. The van der Waals surface area contributed by atoms with Gasteiger partial charge in [-0.2, -0.15) is 0 Å². The molecule has 2 aromatic heterocycles. The third-order valence-electron chi connectivity index (χ3n) is 5.37. The van der Waals surface area contributed by atoms with Crippen molar-refractivity contribution in [3.05, 3.63) is 54.9 Å². The van der Waals surface area contributed by atoms with Gasteiger partial charge in [0.25, 0.3) is 5.56 Å². The second-order valence-electron chi connectivity index (χ2n) is 7.52. The molecule has 1 aromatic carbocycles. The molecule has 1 unspecified atom stereocenters. The van der Waals surface area contributed by atoms with E-state index in [9.17, 15) is 14.4 Å². The molecule has 0 radical (unpaired) electrons. The predicted octanol–water partition coefficient (Wildman–Crippen LogP) is 3.99. The molecule has 3 heterocycles. The van der Waals surface area contributed by atoms with Gasteiger partial charge in [-0.05, 0) is 50.1 Å². The smallest absolute Gasteiger partial charge is 0.348 e. The van der Waals surface area contributed by atoms with Crippen molar-refractivity contribution in [2.75, 3.05) is 19.0 Å². The highest BCUT2D eigenvalue weighted by atomic mass is 35.5. The normalized spacial score (nSPS) is 16.4. The number of hydrogen-bond acceptors (Lipinski definition) is 7. The second-order valence-corrected chi connectivity index (χ2v) is 9.39. The number of nitrogens with one attached hydrogen (secondary N) is 2. The van der Waals surface area contributed by atoms with Gasteiger partial charge in [-0.1, -0.05) is 23.2 Å². The molecule has 0 spiro atoms. The lowest BCUT2D eigenvalue weighted by atomic mass is 10.2. The van der Waals surface area contributed by atoms with E-state index in [0.717, 1.165) is 17.8 Å². The van der Waals surface area contributed by atoms with Crippen molar-refractivity contribution >= 4 is 62.3 Å². The molecular formula is C21H20Cl2N4O4S.